The predicted molar refractivity (Wildman–Crippen MR) is 108 cm³/mol. The van der Waals surface area contributed by atoms with E-state index in [1.54, 1.807) is 4.52 Å². The van der Waals surface area contributed by atoms with E-state index in [2.05, 4.69) is 35.6 Å². The quantitative estimate of drug-likeness (QED) is 0.574. The van der Waals surface area contributed by atoms with Crippen LogP contribution in [0.4, 0.5) is 17.5 Å². The summed E-state index contributed by atoms with van der Waals surface area (Å²) in [6.45, 7) is 6.07. The van der Waals surface area contributed by atoms with E-state index in [1.165, 1.54) is 32.3 Å². The molecule has 0 bridgehead atoms. The highest BCUT2D eigenvalue weighted by molar-refractivity contribution is 5.64. The van der Waals surface area contributed by atoms with Gasteiger partial charge in [0.1, 0.15) is 12.1 Å². The van der Waals surface area contributed by atoms with E-state index in [4.69, 9.17) is 4.74 Å². The molecule has 0 amide bonds. The molecular weight excluding hydrogens is 356 g/mol. The van der Waals surface area contributed by atoms with Crippen molar-refractivity contribution in [3.05, 3.63) is 30.4 Å². The summed E-state index contributed by atoms with van der Waals surface area (Å²) in [5.74, 6) is 1.98. The summed E-state index contributed by atoms with van der Waals surface area (Å²) < 4.78 is 7.74. The van der Waals surface area contributed by atoms with Gasteiger partial charge in [-0.3, -0.25) is 0 Å². The summed E-state index contributed by atoms with van der Waals surface area (Å²) in [7, 11) is 1.83. The lowest BCUT2D eigenvalue weighted by atomic mass is 10.3. The maximum Gasteiger partial charge on any atom is 0.229 e. The highest BCUT2D eigenvalue weighted by Gasteiger charge is 2.12. The number of hydrogen-bond acceptors (Lipinski definition) is 8. The maximum atomic E-state index is 6.04. The zero-order valence-corrected chi connectivity index (χ0v) is 16.4. The fourth-order valence-corrected chi connectivity index (χ4v) is 3.43. The van der Waals surface area contributed by atoms with Gasteiger partial charge in [0.25, 0.3) is 0 Å². The van der Waals surface area contributed by atoms with Gasteiger partial charge in [0.15, 0.2) is 11.4 Å². The number of likely N-dealkylation sites (tertiary alicyclic amines) is 1. The van der Waals surface area contributed by atoms with Crippen LogP contribution < -0.4 is 15.4 Å². The van der Waals surface area contributed by atoms with Crippen LogP contribution in [0.5, 0.6) is 5.75 Å². The molecule has 0 aliphatic carbocycles. The largest absolute Gasteiger partial charge is 0.489 e. The first-order chi connectivity index (χ1) is 13.7. The van der Waals surface area contributed by atoms with Crippen LogP contribution in [-0.2, 0) is 0 Å². The molecule has 0 aromatic carbocycles. The van der Waals surface area contributed by atoms with Crippen molar-refractivity contribution < 1.29 is 4.74 Å². The van der Waals surface area contributed by atoms with Crippen molar-refractivity contribution in [2.45, 2.75) is 26.2 Å². The Hall–Kier alpha value is -2.94. The number of anilines is 3. The number of fused-ring (bicyclic) bond motifs is 1. The Morgan fingerprint density at radius 1 is 1.18 bits per heavy atom. The van der Waals surface area contributed by atoms with E-state index < -0.39 is 0 Å². The minimum absolute atomic E-state index is 0.517. The number of pyridine rings is 1. The lowest BCUT2D eigenvalue weighted by Crippen LogP contribution is -2.22. The molecule has 9 nitrogen and oxygen atoms in total. The van der Waals surface area contributed by atoms with E-state index >= 15 is 0 Å². The number of rotatable bonds is 8. The van der Waals surface area contributed by atoms with Crippen molar-refractivity contribution in [1.82, 2.24) is 29.5 Å². The minimum Gasteiger partial charge on any atom is -0.489 e. The van der Waals surface area contributed by atoms with E-state index in [0.29, 0.717) is 24.0 Å². The van der Waals surface area contributed by atoms with Crippen molar-refractivity contribution in [2.24, 2.45) is 0 Å². The van der Waals surface area contributed by atoms with Gasteiger partial charge >= 0.3 is 0 Å². The topological polar surface area (TPSA) is 92.5 Å². The molecule has 1 saturated heterocycles. The fraction of sp³-hybridized carbons (Fsp3) is 0.474. The van der Waals surface area contributed by atoms with Crippen LogP contribution in [0, 0.1) is 6.92 Å². The fourth-order valence-electron chi connectivity index (χ4n) is 3.43. The van der Waals surface area contributed by atoms with Crippen LogP contribution in [-0.4, -0.2) is 62.8 Å². The van der Waals surface area contributed by atoms with Crippen molar-refractivity contribution in [1.29, 1.82) is 0 Å². The molecule has 3 aromatic rings. The molecule has 9 heteroatoms. The molecule has 0 unspecified atom stereocenters. The number of nitrogens with one attached hydrogen (secondary N) is 2. The third-order valence-corrected chi connectivity index (χ3v) is 4.78. The SMILES string of the molecule is CNc1cc(C)nc(Nc2cc(OCCCN3CCCC3)c3ncnn3c2)n1. The van der Waals surface area contributed by atoms with Gasteiger partial charge in [-0.1, -0.05) is 0 Å². The zero-order chi connectivity index (χ0) is 19.3. The smallest absolute Gasteiger partial charge is 0.229 e. The van der Waals surface area contributed by atoms with Gasteiger partial charge in [-0.05, 0) is 39.3 Å². The van der Waals surface area contributed by atoms with Crippen LogP contribution in [0.2, 0.25) is 0 Å². The molecule has 148 valence electrons. The molecule has 0 spiro atoms. The Morgan fingerprint density at radius 2 is 2.04 bits per heavy atom. The first-order valence-electron chi connectivity index (χ1n) is 9.70. The molecule has 0 atom stereocenters. The van der Waals surface area contributed by atoms with Gasteiger partial charge in [-0.25, -0.2) is 14.5 Å². The van der Waals surface area contributed by atoms with Gasteiger partial charge < -0.3 is 20.3 Å². The van der Waals surface area contributed by atoms with E-state index in [-0.39, 0.29) is 0 Å². The van der Waals surface area contributed by atoms with Crippen LogP contribution in [0.15, 0.2) is 24.7 Å². The number of ether oxygens (including phenoxy) is 1. The molecule has 1 fully saturated rings. The molecule has 28 heavy (non-hydrogen) atoms. The Balaban J connectivity index is 1.47. The number of aromatic nitrogens is 5. The van der Waals surface area contributed by atoms with Gasteiger partial charge in [-0.2, -0.15) is 10.1 Å². The molecule has 1 aliphatic rings. The van der Waals surface area contributed by atoms with Gasteiger partial charge in [-0.15, -0.1) is 0 Å². The van der Waals surface area contributed by atoms with Crippen molar-refractivity contribution in [2.75, 3.05) is 43.9 Å². The summed E-state index contributed by atoms with van der Waals surface area (Å²) in [6.07, 6.45) is 6.99. The van der Waals surface area contributed by atoms with Gasteiger partial charge in [0.2, 0.25) is 5.95 Å². The molecule has 1 aliphatic heterocycles. The number of hydrogen-bond donors (Lipinski definition) is 2. The molecule has 0 radical (unpaired) electrons. The lowest BCUT2D eigenvalue weighted by molar-refractivity contribution is 0.264. The molecule has 4 rings (SSSR count). The van der Waals surface area contributed by atoms with Crippen LogP contribution >= 0.6 is 0 Å². The monoisotopic (exact) mass is 382 g/mol. The zero-order valence-electron chi connectivity index (χ0n) is 16.4. The Bertz CT molecular complexity index is 935. The summed E-state index contributed by atoms with van der Waals surface area (Å²) in [4.78, 5) is 15.7. The highest BCUT2D eigenvalue weighted by Crippen LogP contribution is 2.25. The normalized spacial score (nSPS) is 14.5. The second-order valence-electron chi connectivity index (χ2n) is 6.97. The number of aryl methyl sites for hydroxylation is 1. The third-order valence-electron chi connectivity index (χ3n) is 4.78. The Morgan fingerprint density at radius 3 is 2.86 bits per heavy atom. The number of nitrogens with zero attached hydrogens (tertiary/aromatic N) is 6. The summed E-state index contributed by atoms with van der Waals surface area (Å²) in [5.41, 5.74) is 2.37. The van der Waals surface area contributed by atoms with Gasteiger partial charge in [0.05, 0.1) is 18.5 Å². The van der Waals surface area contributed by atoms with Crippen LogP contribution in [0.3, 0.4) is 0 Å². The summed E-state index contributed by atoms with van der Waals surface area (Å²) in [5, 5.41) is 10.5. The van der Waals surface area contributed by atoms with E-state index in [1.807, 2.05) is 32.3 Å². The first kappa shape index (κ1) is 18.4. The standard InChI is InChI=1S/C19H26N8O/c1-14-10-17(20-2)25-19(23-14)24-15-11-16(18-21-13-22-27(18)12-15)28-9-5-8-26-6-3-4-7-26/h10-13H,3-9H2,1-2H3,(H2,20,23,24,25). The predicted octanol–water partition coefficient (Wildman–Crippen LogP) is 2.48. The van der Waals surface area contributed by atoms with Crippen LogP contribution in [0.1, 0.15) is 25.0 Å². The van der Waals surface area contributed by atoms with Crippen molar-refractivity contribution in [3.8, 4) is 5.75 Å². The Labute approximate surface area is 164 Å². The van der Waals surface area contributed by atoms with Crippen molar-refractivity contribution >= 4 is 23.1 Å². The van der Waals surface area contributed by atoms with Crippen LogP contribution in [0.25, 0.3) is 5.65 Å². The van der Waals surface area contributed by atoms with Gasteiger partial charge in [0, 0.05) is 31.4 Å². The second-order valence-corrected chi connectivity index (χ2v) is 6.97. The highest BCUT2D eigenvalue weighted by atomic mass is 16.5. The summed E-state index contributed by atoms with van der Waals surface area (Å²) in [6, 6.07) is 3.81. The minimum atomic E-state index is 0.517. The molecule has 2 N–H and O–H groups in total. The average molecular weight is 382 g/mol. The molecule has 4 heterocycles. The molecule has 0 saturated carbocycles. The third kappa shape index (κ3) is 4.30. The summed E-state index contributed by atoms with van der Waals surface area (Å²) >= 11 is 0. The van der Waals surface area contributed by atoms with Crippen molar-refractivity contribution in [3.63, 3.8) is 0 Å². The maximum absolute atomic E-state index is 6.04. The first-order valence-corrected chi connectivity index (χ1v) is 9.70. The molecular formula is C19H26N8O. The molecule has 3 aromatic heterocycles. The second kappa shape index (κ2) is 8.39. The average Bonchev–Trinajstić information content (AvgIpc) is 3.36. The Kier molecular flexibility index (Phi) is 5.52. The van der Waals surface area contributed by atoms with E-state index in [0.717, 1.165) is 30.2 Å². The van der Waals surface area contributed by atoms with E-state index in [9.17, 15) is 0 Å². The lowest BCUT2D eigenvalue weighted by Gasteiger charge is -2.15.